The van der Waals surface area contributed by atoms with Gasteiger partial charge in [-0.15, -0.1) is 0 Å². The Bertz CT molecular complexity index is 710. The van der Waals surface area contributed by atoms with E-state index in [1.807, 2.05) is 24.4 Å². The van der Waals surface area contributed by atoms with Gasteiger partial charge in [0.1, 0.15) is 0 Å². The molecule has 1 N–H and O–H groups in total. The zero-order valence-corrected chi connectivity index (χ0v) is 14.0. The number of pyridine rings is 2. The molecule has 2 fully saturated rings. The number of amides is 1. The molecule has 4 heterocycles. The minimum absolute atomic E-state index is 0.0238. The van der Waals surface area contributed by atoms with Crippen molar-refractivity contribution in [3.8, 4) is 0 Å². The van der Waals surface area contributed by atoms with Crippen LogP contribution in [0.15, 0.2) is 49.1 Å². The third-order valence-corrected chi connectivity index (χ3v) is 4.89. The first-order chi connectivity index (χ1) is 12.3. The van der Waals surface area contributed by atoms with Crippen LogP contribution in [0.4, 0.5) is 0 Å². The van der Waals surface area contributed by atoms with Gasteiger partial charge in [0.05, 0.1) is 18.1 Å². The van der Waals surface area contributed by atoms with Gasteiger partial charge in [0.2, 0.25) is 5.91 Å². The number of likely N-dealkylation sites (tertiary alicyclic amines) is 1. The lowest BCUT2D eigenvalue weighted by Gasteiger charge is -2.32. The van der Waals surface area contributed by atoms with E-state index in [0.717, 1.165) is 31.6 Å². The van der Waals surface area contributed by atoms with Crippen molar-refractivity contribution in [2.75, 3.05) is 13.1 Å². The largest absolute Gasteiger partial charge is 0.371 e. The Kier molecular flexibility index (Phi) is 4.72. The molecule has 0 spiro atoms. The Labute approximate surface area is 147 Å². The van der Waals surface area contributed by atoms with Crippen LogP contribution in [0.5, 0.6) is 0 Å². The van der Waals surface area contributed by atoms with Gasteiger partial charge in [-0.2, -0.15) is 0 Å². The van der Waals surface area contributed by atoms with E-state index < -0.39 is 0 Å². The summed E-state index contributed by atoms with van der Waals surface area (Å²) in [6.45, 7) is 3.03. The Hall–Kier alpha value is -2.31. The zero-order chi connectivity index (χ0) is 17.1. The minimum atomic E-state index is -0.0689. The van der Waals surface area contributed by atoms with Crippen LogP contribution in [0.3, 0.4) is 0 Å². The number of ether oxygens (including phenoxy) is 1. The number of morpholine rings is 1. The topological polar surface area (TPSA) is 67.4 Å². The molecule has 6 nitrogen and oxygen atoms in total. The van der Waals surface area contributed by atoms with Crippen molar-refractivity contribution in [1.29, 1.82) is 0 Å². The average molecular weight is 338 g/mol. The second-order valence-corrected chi connectivity index (χ2v) is 6.77. The fourth-order valence-electron chi connectivity index (χ4n) is 3.72. The summed E-state index contributed by atoms with van der Waals surface area (Å²) in [4.78, 5) is 23.2. The minimum Gasteiger partial charge on any atom is -0.371 e. The predicted molar refractivity (Wildman–Crippen MR) is 92.4 cm³/mol. The summed E-state index contributed by atoms with van der Waals surface area (Å²) in [6, 6.07) is 7.89. The Morgan fingerprint density at radius 3 is 2.64 bits per heavy atom. The lowest BCUT2D eigenvalue weighted by molar-refractivity contribution is -0.128. The normalized spacial score (nSPS) is 25.7. The average Bonchev–Trinajstić information content (AvgIpc) is 2.96. The summed E-state index contributed by atoms with van der Waals surface area (Å²) in [5, 5.41) is 3.03. The van der Waals surface area contributed by atoms with Gasteiger partial charge in [0.15, 0.2) is 0 Å². The van der Waals surface area contributed by atoms with E-state index in [9.17, 15) is 4.79 Å². The number of nitrogens with one attached hydrogen (secondary N) is 1. The Morgan fingerprint density at radius 1 is 1.16 bits per heavy atom. The maximum atomic E-state index is 12.6. The molecule has 130 valence electrons. The van der Waals surface area contributed by atoms with Crippen molar-refractivity contribution in [1.82, 2.24) is 20.2 Å². The molecule has 2 aliphatic heterocycles. The van der Waals surface area contributed by atoms with E-state index in [-0.39, 0.29) is 24.0 Å². The monoisotopic (exact) mass is 338 g/mol. The molecule has 2 aromatic heterocycles. The number of rotatable bonds is 5. The van der Waals surface area contributed by atoms with E-state index in [1.54, 1.807) is 18.6 Å². The van der Waals surface area contributed by atoms with Crippen LogP contribution in [-0.4, -0.2) is 46.1 Å². The molecule has 1 amide bonds. The molecule has 3 atom stereocenters. The van der Waals surface area contributed by atoms with Gasteiger partial charge in [0, 0.05) is 51.0 Å². The first-order valence-corrected chi connectivity index (χ1v) is 8.71. The van der Waals surface area contributed by atoms with Gasteiger partial charge in [-0.05, 0) is 29.7 Å². The number of hydrogen-bond donors (Lipinski definition) is 1. The van der Waals surface area contributed by atoms with Crippen LogP contribution in [0.2, 0.25) is 0 Å². The summed E-state index contributed by atoms with van der Waals surface area (Å²) < 4.78 is 6.02. The zero-order valence-electron chi connectivity index (χ0n) is 14.0. The van der Waals surface area contributed by atoms with Gasteiger partial charge in [-0.1, -0.05) is 12.1 Å². The van der Waals surface area contributed by atoms with Gasteiger partial charge in [-0.25, -0.2) is 0 Å². The van der Waals surface area contributed by atoms with Gasteiger partial charge in [-0.3, -0.25) is 19.7 Å². The van der Waals surface area contributed by atoms with Gasteiger partial charge >= 0.3 is 0 Å². The first kappa shape index (κ1) is 16.2. The summed E-state index contributed by atoms with van der Waals surface area (Å²) in [6.07, 6.45) is 8.11. The summed E-state index contributed by atoms with van der Waals surface area (Å²) >= 11 is 0. The van der Waals surface area contributed by atoms with Crippen LogP contribution in [-0.2, 0) is 22.6 Å². The lowest BCUT2D eigenvalue weighted by Crippen LogP contribution is -2.44. The van der Waals surface area contributed by atoms with E-state index in [0.29, 0.717) is 6.54 Å². The number of hydrogen-bond acceptors (Lipinski definition) is 5. The molecular weight excluding hydrogens is 316 g/mol. The number of nitrogens with zero attached hydrogens (tertiary/aromatic N) is 3. The van der Waals surface area contributed by atoms with Crippen LogP contribution >= 0.6 is 0 Å². The van der Waals surface area contributed by atoms with Crippen LogP contribution < -0.4 is 5.32 Å². The van der Waals surface area contributed by atoms with Gasteiger partial charge < -0.3 is 10.1 Å². The highest BCUT2D eigenvalue weighted by atomic mass is 16.5. The van der Waals surface area contributed by atoms with Crippen LogP contribution in [0.25, 0.3) is 0 Å². The van der Waals surface area contributed by atoms with E-state index in [2.05, 4.69) is 26.3 Å². The van der Waals surface area contributed by atoms with Gasteiger partial charge in [0.25, 0.3) is 0 Å². The molecule has 0 radical (unpaired) electrons. The third kappa shape index (κ3) is 3.86. The lowest BCUT2D eigenvalue weighted by atomic mass is 9.99. The number of carbonyl (C=O) groups is 1. The van der Waals surface area contributed by atoms with Crippen molar-refractivity contribution in [3.05, 3.63) is 60.2 Å². The number of carbonyl (C=O) groups excluding carboxylic acids is 1. The fourth-order valence-corrected chi connectivity index (χ4v) is 3.72. The highest BCUT2D eigenvalue weighted by Gasteiger charge is 2.44. The number of aromatic nitrogens is 2. The molecule has 25 heavy (non-hydrogen) atoms. The molecule has 2 bridgehead atoms. The van der Waals surface area contributed by atoms with E-state index in [4.69, 9.17) is 4.74 Å². The highest BCUT2D eigenvalue weighted by molar-refractivity contribution is 5.79. The maximum absolute atomic E-state index is 12.6. The molecule has 0 unspecified atom stereocenters. The van der Waals surface area contributed by atoms with Crippen molar-refractivity contribution < 1.29 is 9.53 Å². The standard InChI is InChI=1S/C19H22N4O2/c24-19(22-10-14-3-1-5-20-8-14)17-7-16-12-23(13-18(17)25-16)11-15-4-2-6-21-9-15/h1-6,8-9,16-18H,7,10-13H2,(H,22,24)/t16-,17-,18+/m0/s1. The summed E-state index contributed by atoms with van der Waals surface area (Å²) in [7, 11) is 0. The van der Waals surface area contributed by atoms with Crippen LogP contribution in [0.1, 0.15) is 17.5 Å². The second-order valence-electron chi connectivity index (χ2n) is 6.77. The molecule has 0 saturated carbocycles. The molecule has 6 heteroatoms. The second kappa shape index (κ2) is 7.29. The van der Waals surface area contributed by atoms with E-state index >= 15 is 0 Å². The molecular formula is C19H22N4O2. The molecule has 0 aliphatic carbocycles. The Morgan fingerprint density at radius 2 is 1.92 bits per heavy atom. The molecule has 0 aromatic carbocycles. The van der Waals surface area contributed by atoms with Crippen molar-refractivity contribution in [3.63, 3.8) is 0 Å². The quantitative estimate of drug-likeness (QED) is 0.892. The molecule has 4 rings (SSSR count). The smallest absolute Gasteiger partial charge is 0.226 e. The number of fused-ring (bicyclic) bond motifs is 2. The van der Waals surface area contributed by atoms with Crippen molar-refractivity contribution >= 4 is 5.91 Å². The highest BCUT2D eigenvalue weighted by Crippen LogP contribution is 2.32. The predicted octanol–water partition coefficient (Wildman–Crippen LogP) is 1.38. The Balaban J connectivity index is 1.33. The molecule has 2 aliphatic rings. The van der Waals surface area contributed by atoms with Crippen molar-refractivity contribution in [2.45, 2.75) is 31.7 Å². The third-order valence-electron chi connectivity index (χ3n) is 4.89. The SMILES string of the molecule is O=C(NCc1cccnc1)[C@H]1C[C@H]2CN(Cc3cccnc3)C[C@H]1O2. The molecule has 2 saturated heterocycles. The summed E-state index contributed by atoms with van der Waals surface area (Å²) in [5.41, 5.74) is 2.21. The summed E-state index contributed by atoms with van der Waals surface area (Å²) in [5.74, 6) is 0.0140. The van der Waals surface area contributed by atoms with Crippen molar-refractivity contribution in [2.24, 2.45) is 5.92 Å². The first-order valence-electron chi connectivity index (χ1n) is 8.71. The van der Waals surface area contributed by atoms with Crippen LogP contribution in [0, 0.1) is 5.92 Å². The van der Waals surface area contributed by atoms with E-state index in [1.165, 1.54) is 5.56 Å². The maximum Gasteiger partial charge on any atom is 0.226 e. The molecule has 2 aromatic rings. The fraction of sp³-hybridized carbons (Fsp3) is 0.421.